The number of nitrogens with zero attached hydrogens (tertiary/aromatic N) is 1. The summed E-state index contributed by atoms with van der Waals surface area (Å²) in [7, 11) is 0. The first-order valence-corrected chi connectivity index (χ1v) is 8.91. The summed E-state index contributed by atoms with van der Waals surface area (Å²) in [6.45, 7) is 3.98. The fourth-order valence-electron chi connectivity index (χ4n) is 2.50. The quantitative estimate of drug-likeness (QED) is 0.817. The Kier molecular flexibility index (Phi) is 5.27. The molecule has 0 radical (unpaired) electrons. The van der Waals surface area contributed by atoms with Crippen molar-refractivity contribution in [2.24, 2.45) is 0 Å². The number of amides is 3. The highest BCUT2D eigenvalue weighted by Crippen LogP contribution is 2.31. The van der Waals surface area contributed by atoms with Crippen molar-refractivity contribution in [3.05, 3.63) is 64.0 Å². The third kappa shape index (κ3) is 3.88. The third-order valence-electron chi connectivity index (χ3n) is 3.97. The van der Waals surface area contributed by atoms with Crippen molar-refractivity contribution in [1.29, 1.82) is 0 Å². The van der Waals surface area contributed by atoms with Crippen molar-refractivity contribution in [3.8, 4) is 0 Å². The number of imide groups is 1. The van der Waals surface area contributed by atoms with Gasteiger partial charge < -0.3 is 9.73 Å². The Morgan fingerprint density at radius 1 is 1.19 bits per heavy atom. The third-order valence-corrected chi connectivity index (χ3v) is 4.88. The van der Waals surface area contributed by atoms with E-state index in [2.05, 4.69) is 5.32 Å². The van der Waals surface area contributed by atoms with Crippen LogP contribution in [0.25, 0.3) is 6.08 Å². The molecule has 134 valence electrons. The van der Waals surface area contributed by atoms with Gasteiger partial charge in [-0.15, -0.1) is 0 Å². The van der Waals surface area contributed by atoms with E-state index in [1.54, 1.807) is 19.1 Å². The Labute approximate surface area is 155 Å². The Morgan fingerprint density at radius 3 is 2.58 bits per heavy atom. The second kappa shape index (κ2) is 7.61. The van der Waals surface area contributed by atoms with Crippen LogP contribution in [0.2, 0.25) is 0 Å². The maximum absolute atomic E-state index is 12.4. The fraction of sp³-hybridized carbons (Fsp3) is 0.211. The van der Waals surface area contributed by atoms with Crippen molar-refractivity contribution in [2.75, 3.05) is 13.1 Å². The van der Waals surface area contributed by atoms with E-state index in [1.807, 2.05) is 31.2 Å². The van der Waals surface area contributed by atoms with Crippen LogP contribution in [0.1, 0.15) is 27.2 Å². The highest BCUT2D eigenvalue weighted by molar-refractivity contribution is 8.18. The molecule has 1 N–H and O–H groups in total. The number of carbonyl (C=O) groups is 3. The maximum Gasteiger partial charge on any atom is 0.293 e. The molecule has 0 saturated carbocycles. The topological polar surface area (TPSA) is 79.6 Å². The van der Waals surface area contributed by atoms with E-state index in [-0.39, 0.29) is 30.1 Å². The predicted octanol–water partition coefficient (Wildman–Crippen LogP) is 3.36. The number of hydrogen-bond acceptors (Lipinski definition) is 5. The minimum atomic E-state index is -0.339. The lowest BCUT2D eigenvalue weighted by molar-refractivity contribution is -0.122. The van der Waals surface area contributed by atoms with E-state index in [0.29, 0.717) is 16.2 Å². The summed E-state index contributed by atoms with van der Waals surface area (Å²) >= 11 is 0.911. The minimum Gasteiger partial charge on any atom is -0.469 e. The van der Waals surface area contributed by atoms with Crippen LogP contribution < -0.4 is 5.32 Å². The molecule has 3 rings (SSSR count). The number of nitrogens with one attached hydrogen (secondary N) is 1. The van der Waals surface area contributed by atoms with Crippen LogP contribution in [0.4, 0.5) is 4.79 Å². The van der Waals surface area contributed by atoms with Crippen LogP contribution in [-0.2, 0) is 4.79 Å². The highest BCUT2D eigenvalue weighted by atomic mass is 32.2. The molecule has 0 aliphatic carbocycles. The maximum atomic E-state index is 12.4. The smallest absolute Gasteiger partial charge is 0.293 e. The Bertz CT molecular complexity index is 883. The summed E-state index contributed by atoms with van der Waals surface area (Å²) in [4.78, 5) is 38.1. The van der Waals surface area contributed by atoms with Gasteiger partial charge in [-0.05, 0) is 43.3 Å². The van der Waals surface area contributed by atoms with Crippen LogP contribution in [0.5, 0.6) is 0 Å². The first kappa shape index (κ1) is 18.0. The van der Waals surface area contributed by atoms with Gasteiger partial charge in [-0.1, -0.05) is 29.8 Å². The zero-order valence-electron chi connectivity index (χ0n) is 14.4. The van der Waals surface area contributed by atoms with Gasteiger partial charge >= 0.3 is 0 Å². The number of hydrogen-bond donors (Lipinski definition) is 1. The molecule has 1 aliphatic heterocycles. The molecule has 7 heteroatoms. The van der Waals surface area contributed by atoms with E-state index < -0.39 is 0 Å². The summed E-state index contributed by atoms with van der Waals surface area (Å²) in [6, 6.07) is 9.27. The van der Waals surface area contributed by atoms with Gasteiger partial charge in [0, 0.05) is 13.1 Å². The number of rotatable bonds is 5. The molecule has 0 unspecified atom stereocenters. The van der Waals surface area contributed by atoms with Crippen molar-refractivity contribution in [1.82, 2.24) is 10.2 Å². The zero-order valence-corrected chi connectivity index (χ0v) is 15.3. The molecule has 1 aromatic heterocycles. The first-order chi connectivity index (χ1) is 12.5. The van der Waals surface area contributed by atoms with Crippen LogP contribution >= 0.6 is 11.8 Å². The van der Waals surface area contributed by atoms with Gasteiger partial charge in [-0.25, -0.2) is 0 Å². The van der Waals surface area contributed by atoms with Gasteiger partial charge in [0.1, 0.15) is 5.76 Å². The lowest BCUT2D eigenvalue weighted by Crippen LogP contribution is -2.37. The number of thioether (sulfide) groups is 1. The van der Waals surface area contributed by atoms with E-state index >= 15 is 0 Å². The molecule has 2 heterocycles. The second-order valence-corrected chi connectivity index (χ2v) is 6.88. The largest absolute Gasteiger partial charge is 0.469 e. The van der Waals surface area contributed by atoms with Gasteiger partial charge in [-0.3, -0.25) is 19.3 Å². The summed E-state index contributed by atoms with van der Waals surface area (Å²) in [5.74, 6) is -0.109. The fourth-order valence-corrected chi connectivity index (χ4v) is 3.37. The average Bonchev–Trinajstić information content (AvgIpc) is 3.15. The average molecular weight is 370 g/mol. The molecule has 1 saturated heterocycles. The molecular weight excluding hydrogens is 352 g/mol. The molecular formula is C19H18N2O4S. The van der Waals surface area contributed by atoms with Gasteiger partial charge in [-0.2, -0.15) is 0 Å². The summed E-state index contributed by atoms with van der Waals surface area (Å²) in [5, 5.41) is 2.36. The molecule has 3 amide bonds. The monoisotopic (exact) mass is 370 g/mol. The van der Waals surface area contributed by atoms with E-state index in [4.69, 9.17) is 4.42 Å². The van der Waals surface area contributed by atoms with Crippen molar-refractivity contribution in [2.45, 2.75) is 13.8 Å². The van der Waals surface area contributed by atoms with Gasteiger partial charge in [0.05, 0.1) is 16.7 Å². The number of benzene rings is 1. The molecule has 0 bridgehead atoms. The Balaban J connectivity index is 1.60. The van der Waals surface area contributed by atoms with Crippen LogP contribution in [0.15, 0.2) is 45.9 Å². The van der Waals surface area contributed by atoms with E-state index in [9.17, 15) is 14.4 Å². The van der Waals surface area contributed by atoms with E-state index in [0.717, 1.165) is 27.8 Å². The molecule has 0 spiro atoms. The van der Waals surface area contributed by atoms with Crippen molar-refractivity contribution >= 4 is 34.9 Å². The van der Waals surface area contributed by atoms with Gasteiger partial charge in [0.15, 0.2) is 0 Å². The standard InChI is InChI=1S/C19H18N2O4S/c1-12-3-5-14(6-4-12)11-16-18(23)21(19(24)26-16)9-8-20-17(22)15-7-10-25-13(15)2/h3-7,10-11H,8-9H2,1-2H3,(H,20,22)/b16-11-. The predicted molar refractivity (Wildman–Crippen MR) is 99.6 cm³/mol. The molecule has 1 aliphatic rings. The lowest BCUT2D eigenvalue weighted by atomic mass is 10.1. The molecule has 6 nitrogen and oxygen atoms in total. The molecule has 1 aromatic carbocycles. The second-order valence-electron chi connectivity index (χ2n) is 5.89. The summed E-state index contributed by atoms with van der Waals surface area (Å²) < 4.78 is 5.09. The van der Waals surface area contributed by atoms with Crippen LogP contribution in [0.3, 0.4) is 0 Å². The Hall–Kier alpha value is -2.80. The zero-order chi connectivity index (χ0) is 18.7. The normalized spacial score (nSPS) is 15.8. The molecule has 26 heavy (non-hydrogen) atoms. The first-order valence-electron chi connectivity index (χ1n) is 8.10. The van der Waals surface area contributed by atoms with Crippen LogP contribution in [0, 0.1) is 13.8 Å². The summed E-state index contributed by atoms with van der Waals surface area (Å²) in [5.41, 5.74) is 2.43. The molecule has 2 aromatic rings. The van der Waals surface area contributed by atoms with Gasteiger partial charge in [0.25, 0.3) is 17.1 Å². The molecule has 1 fully saturated rings. The number of aryl methyl sites for hydroxylation is 2. The summed E-state index contributed by atoms with van der Waals surface area (Å²) in [6.07, 6.45) is 3.15. The van der Waals surface area contributed by atoms with Crippen molar-refractivity contribution in [3.63, 3.8) is 0 Å². The Morgan fingerprint density at radius 2 is 1.92 bits per heavy atom. The number of furan rings is 1. The van der Waals surface area contributed by atoms with E-state index in [1.165, 1.54) is 6.26 Å². The molecule has 0 atom stereocenters. The SMILES string of the molecule is Cc1ccc(/C=C2\SC(=O)N(CCNC(=O)c3ccoc3C)C2=O)cc1. The van der Waals surface area contributed by atoms with Gasteiger partial charge in [0.2, 0.25) is 0 Å². The number of carbonyl (C=O) groups excluding carboxylic acids is 3. The van der Waals surface area contributed by atoms with Crippen molar-refractivity contribution < 1.29 is 18.8 Å². The minimum absolute atomic E-state index is 0.124. The highest BCUT2D eigenvalue weighted by Gasteiger charge is 2.34. The lowest BCUT2D eigenvalue weighted by Gasteiger charge is -2.12. The van der Waals surface area contributed by atoms with Crippen LogP contribution in [-0.4, -0.2) is 35.0 Å².